The Hall–Kier alpha value is -2.33. The number of anilines is 1. The monoisotopic (exact) mass is 327 g/mol. The van der Waals surface area contributed by atoms with Crippen LogP contribution in [-0.2, 0) is 4.79 Å². The van der Waals surface area contributed by atoms with Gasteiger partial charge in [-0.2, -0.15) is 0 Å². The van der Waals surface area contributed by atoms with E-state index in [9.17, 15) is 4.79 Å². The molecule has 0 saturated carbocycles. The number of aromatic nitrogens is 2. The van der Waals surface area contributed by atoms with Crippen LogP contribution in [0.3, 0.4) is 0 Å². The molecule has 0 unspecified atom stereocenters. The Balaban J connectivity index is 2.15. The maximum absolute atomic E-state index is 12.4. The van der Waals surface area contributed by atoms with Crippen molar-refractivity contribution in [2.75, 3.05) is 5.32 Å². The van der Waals surface area contributed by atoms with Crippen LogP contribution in [0.25, 0.3) is 16.9 Å². The first kappa shape index (κ1) is 15.6. The van der Waals surface area contributed by atoms with E-state index in [0.717, 1.165) is 16.9 Å². The normalized spacial score (nSPS) is 11.7. The molecule has 1 aromatic carbocycles. The number of benzene rings is 1. The first-order valence-electron chi connectivity index (χ1n) is 7.41. The highest BCUT2D eigenvalue weighted by molar-refractivity contribution is 6.30. The number of nitrogens with one attached hydrogen (secondary N) is 1. The second kappa shape index (κ2) is 5.70. The van der Waals surface area contributed by atoms with Crippen molar-refractivity contribution >= 4 is 29.0 Å². The van der Waals surface area contributed by atoms with Gasteiger partial charge in [-0.15, -0.1) is 0 Å². The summed E-state index contributed by atoms with van der Waals surface area (Å²) >= 11 is 5.97. The number of rotatable bonds is 2. The van der Waals surface area contributed by atoms with Crippen molar-refractivity contribution in [1.82, 2.24) is 9.38 Å². The van der Waals surface area contributed by atoms with Crippen molar-refractivity contribution in [3.63, 3.8) is 0 Å². The maximum Gasteiger partial charge on any atom is 0.230 e. The molecule has 118 valence electrons. The van der Waals surface area contributed by atoms with E-state index in [1.165, 1.54) is 0 Å². The quantitative estimate of drug-likeness (QED) is 0.745. The third kappa shape index (κ3) is 3.08. The maximum atomic E-state index is 12.4. The Morgan fingerprint density at radius 1 is 1.13 bits per heavy atom. The van der Waals surface area contributed by atoms with E-state index < -0.39 is 5.41 Å². The summed E-state index contributed by atoms with van der Waals surface area (Å²) in [7, 11) is 0. The van der Waals surface area contributed by atoms with Crippen LogP contribution in [0.5, 0.6) is 0 Å². The van der Waals surface area contributed by atoms with Crippen molar-refractivity contribution in [1.29, 1.82) is 0 Å². The fourth-order valence-corrected chi connectivity index (χ4v) is 2.35. The number of hydrogen-bond acceptors (Lipinski definition) is 2. The summed E-state index contributed by atoms with van der Waals surface area (Å²) in [6, 6.07) is 13.2. The third-order valence-corrected chi connectivity index (χ3v) is 3.81. The van der Waals surface area contributed by atoms with Gasteiger partial charge in [0.15, 0.2) is 0 Å². The lowest BCUT2D eigenvalue weighted by molar-refractivity contribution is -0.123. The van der Waals surface area contributed by atoms with Crippen molar-refractivity contribution < 1.29 is 4.79 Å². The number of carbonyl (C=O) groups excluding carboxylic acids is 1. The van der Waals surface area contributed by atoms with E-state index in [-0.39, 0.29) is 5.91 Å². The lowest BCUT2D eigenvalue weighted by Crippen LogP contribution is -2.28. The number of nitrogens with zero attached hydrogens (tertiary/aromatic N) is 2. The number of pyridine rings is 1. The van der Waals surface area contributed by atoms with Crippen molar-refractivity contribution in [3.05, 3.63) is 53.7 Å². The molecular weight excluding hydrogens is 310 g/mol. The Morgan fingerprint density at radius 2 is 1.83 bits per heavy atom. The fraction of sp³-hybridized carbons (Fsp3) is 0.222. The molecule has 2 aromatic heterocycles. The lowest BCUT2D eigenvalue weighted by Gasteiger charge is -2.18. The molecule has 1 amide bonds. The Kier molecular flexibility index (Phi) is 3.86. The standard InChI is InChI=1S/C18H18ClN3O/c1-18(2,3)17(23)21-16-15(12-7-9-13(19)10-8-12)20-14-6-4-5-11-22(14)16/h4-11H,1-3H3,(H,21,23). The summed E-state index contributed by atoms with van der Waals surface area (Å²) in [6.07, 6.45) is 1.89. The highest BCUT2D eigenvalue weighted by atomic mass is 35.5. The lowest BCUT2D eigenvalue weighted by atomic mass is 9.95. The largest absolute Gasteiger partial charge is 0.309 e. The van der Waals surface area contributed by atoms with E-state index in [1.807, 2.05) is 73.8 Å². The van der Waals surface area contributed by atoms with Gasteiger partial charge in [-0.25, -0.2) is 4.98 Å². The second-order valence-electron chi connectivity index (χ2n) is 6.45. The average molecular weight is 328 g/mol. The zero-order valence-corrected chi connectivity index (χ0v) is 14.1. The molecule has 5 heteroatoms. The third-order valence-electron chi connectivity index (χ3n) is 3.56. The van der Waals surface area contributed by atoms with E-state index in [1.54, 1.807) is 0 Å². The van der Waals surface area contributed by atoms with Gasteiger partial charge in [0.05, 0.1) is 0 Å². The number of imidazole rings is 1. The van der Waals surface area contributed by atoms with Crippen molar-refractivity contribution in [3.8, 4) is 11.3 Å². The molecule has 1 N–H and O–H groups in total. The van der Waals surface area contributed by atoms with Gasteiger partial charge >= 0.3 is 0 Å². The minimum absolute atomic E-state index is 0.0571. The summed E-state index contributed by atoms with van der Waals surface area (Å²) < 4.78 is 1.88. The smallest absolute Gasteiger partial charge is 0.230 e. The number of carbonyl (C=O) groups is 1. The molecule has 3 aromatic rings. The van der Waals surface area contributed by atoms with E-state index in [0.29, 0.717) is 10.8 Å². The van der Waals surface area contributed by atoms with Crippen LogP contribution in [-0.4, -0.2) is 15.3 Å². The fourth-order valence-electron chi connectivity index (χ4n) is 2.22. The van der Waals surface area contributed by atoms with Crippen LogP contribution in [0.1, 0.15) is 20.8 Å². The topological polar surface area (TPSA) is 46.4 Å². The molecule has 2 heterocycles. The van der Waals surface area contributed by atoms with Crippen LogP contribution in [0.2, 0.25) is 5.02 Å². The molecule has 0 saturated heterocycles. The number of fused-ring (bicyclic) bond motifs is 1. The summed E-state index contributed by atoms with van der Waals surface area (Å²) in [5, 5.41) is 3.68. The molecule has 0 fully saturated rings. The molecule has 0 bridgehead atoms. The minimum Gasteiger partial charge on any atom is -0.309 e. The first-order valence-corrected chi connectivity index (χ1v) is 7.78. The molecule has 0 aliphatic rings. The summed E-state index contributed by atoms with van der Waals surface area (Å²) in [6.45, 7) is 5.65. The van der Waals surface area contributed by atoms with Crippen molar-refractivity contribution in [2.45, 2.75) is 20.8 Å². The predicted molar refractivity (Wildman–Crippen MR) is 93.7 cm³/mol. The molecule has 4 nitrogen and oxygen atoms in total. The molecule has 23 heavy (non-hydrogen) atoms. The number of amides is 1. The summed E-state index contributed by atoms with van der Waals surface area (Å²) in [5.41, 5.74) is 1.92. The van der Waals surface area contributed by atoms with Gasteiger partial charge in [0.25, 0.3) is 0 Å². The van der Waals surface area contributed by atoms with E-state index >= 15 is 0 Å². The molecule has 0 radical (unpaired) electrons. The van der Waals surface area contributed by atoms with Gasteiger partial charge in [-0.05, 0) is 24.3 Å². The molecule has 0 aliphatic heterocycles. The van der Waals surface area contributed by atoms with Gasteiger partial charge < -0.3 is 5.32 Å². The van der Waals surface area contributed by atoms with Gasteiger partial charge in [0.1, 0.15) is 17.2 Å². The van der Waals surface area contributed by atoms with Crippen LogP contribution in [0, 0.1) is 5.41 Å². The average Bonchev–Trinajstić information content (AvgIpc) is 2.86. The van der Waals surface area contributed by atoms with Gasteiger partial charge in [-0.1, -0.05) is 50.6 Å². The van der Waals surface area contributed by atoms with Crippen LogP contribution < -0.4 is 5.32 Å². The van der Waals surface area contributed by atoms with Gasteiger partial charge in [-0.3, -0.25) is 9.20 Å². The minimum atomic E-state index is -0.490. The highest BCUT2D eigenvalue weighted by Gasteiger charge is 2.24. The van der Waals surface area contributed by atoms with Crippen LogP contribution in [0.4, 0.5) is 5.82 Å². The van der Waals surface area contributed by atoms with Crippen molar-refractivity contribution in [2.24, 2.45) is 5.41 Å². The summed E-state index contributed by atoms with van der Waals surface area (Å²) in [4.78, 5) is 17.1. The Labute approximate surface area is 140 Å². The second-order valence-corrected chi connectivity index (χ2v) is 6.89. The SMILES string of the molecule is CC(C)(C)C(=O)Nc1c(-c2ccc(Cl)cc2)nc2ccccn12. The number of halogens is 1. The molecule has 0 spiro atoms. The Morgan fingerprint density at radius 3 is 2.48 bits per heavy atom. The zero-order valence-electron chi connectivity index (χ0n) is 13.3. The van der Waals surface area contributed by atoms with Crippen LogP contribution in [0.15, 0.2) is 48.7 Å². The Bertz CT molecular complexity index is 860. The van der Waals surface area contributed by atoms with E-state index in [4.69, 9.17) is 11.6 Å². The molecule has 3 rings (SSSR count). The number of hydrogen-bond donors (Lipinski definition) is 1. The zero-order chi connectivity index (χ0) is 16.6. The predicted octanol–water partition coefficient (Wildman–Crippen LogP) is 4.64. The van der Waals surface area contributed by atoms with E-state index in [2.05, 4.69) is 10.3 Å². The molecule has 0 aliphatic carbocycles. The first-order chi connectivity index (χ1) is 10.9. The molecule has 0 atom stereocenters. The highest BCUT2D eigenvalue weighted by Crippen LogP contribution is 2.30. The summed E-state index contributed by atoms with van der Waals surface area (Å²) in [5.74, 6) is 0.612. The van der Waals surface area contributed by atoms with Crippen LogP contribution >= 0.6 is 11.6 Å². The molecular formula is C18H18ClN3O. The van der Waals surface area contributed by atoms with Gasteiger partial charge in [0.2, 0.25) is 5.91 Å². The van der Waals surface area contributed by atoms with Gasteiger partial charge in [0, 0.05) is 22.2 Å².